The lowest BCUT2D eigenvalue weighted by Crippen LogP contribution is -2.42. The molecule has 2 heterocycles. The fraction of sp³-hybridized carbons (Fsp3) is 0.433. The monoisotopic (exact) mass is 643 g/mol. The summed E-state index contributed by atoms with van der Waals surface area (Å²) in [6.07, 6.45) is 1.75. The molecule has 0 saturated carbocycles. The highest BCUT2D eigenvalue weighted by Gasteiger charge is 2.26. The van der Waals surface area contributed by atoms with Crippen LogP contribution < -0.4 is 20.9 Å². The molecule has 242 valence electrons. The van der Waals surface area contributed by atoms with Crippen molar-refractivity contribution in [2.45, 2.75) is 57.6 Å². The average Bonchev–Trinajstić information content (AvgIpc) is 3.02. The van der Waals surface area contributed by atoms with E-state index in [1.165, 1.54) is 25.2 Å². The molecule has 1 fully saturated rings. The third-order valence-corrected chi connectivity index (χ3v) is 8.83. The molecule has 1 amide bonds. The largest absolute Gasteiger partial charge is 0.463 e. The zero-order valence-corrected chi connectivity index (χ0v) is 26.4. The predicted octanol–water partition coefficient (Wildman–Crippen LogP) is 2.00. The van der Waals surface area contributed by atoms with Gasteiger partial charge < -0.3 is 24.8 Å². The molecule has 1 aromatic heterocycles. The number of carbonyl (C=O) groups excluding carboxylic acids is 3. The van der Waals surface area contributed by atoms with Crippen LogP contribution in [0.4, 0.5) is 4.79 Å². The van der Waals surface area contributed by atoms with E-state index in [2.05, 4.69) is 20.3 Å². The first-order valence-electron chi connectivity index (χ1n) is 14.6. The van der Waals surface area contributed by atoms with Crippen LogP contribution in [-0.2, 0) is 35.6 Å². The number of hydrogen-bond acceptors (Lipinski definition) is 11. The van der Waals surface area contributed by atoms with E-state index in [0.717, 1.165) is 24.0 Å². The van der Waals surface area contributed by atoms with Gasteiger partial charge in [-0.3, -0.25) is 14.2 Å². The molecule has 45 heavy (non-hydrogen) atoms. The van der Waals surface area contributed by atoms with Crippen molar-refractivity contribution in [3.05, 3.63) is 63.2 Å². The number of benzene rings is 2. The summed E-state index contributed by atoms with van der Waals surface area (Å²) in [6, 6.07) is 6.99. The summed E-state index contributed by atoms with van der Waals surface area (Å²) in [6.45, 7) is 5.21. The molecule has 0 bridgehead atoms. The standard InChI is InChI=1S/C30H37N5O9S/c1-5-42-29(38)25-18(2)16-21-26(19(25)3)27(36)35(22-11-6-7-12-23(22)45(40,41)31-4)24(34-21)17-44-30(39)33-14-15-43-28(37)20-10-8-9-13-32-20/h6-7,11-12,16,20,31-32H,5,8-10,13-15,17H2,1-4H3,(H,33,39). The molecule has 1 atom stereocenters. The summed E-state index contributed by atoms with van der Waals surface area (Å²) in [5.41, 5.74) is 0.538. The molecule has 3 N–H and O–H groups in total. The van der Waals surface area contributed by atoms with E-state index >= 15 is 0 Å². The normalized spacial score (nSPS) is 15.0. The van der Waals surface area contributed by atoms with Crippen molar-refractivity contribution in [2.75, 3.05) is 33.4 Å². The number of nitrogens with one attached hydrogen (secondary N) is 3. The number of nitrogens with zero attached hydrogens (tertiary/aromatic N) is 2. The van der Waals surface area contributed by atoms with Crippen LogP contribution in [-0.4, -0.2) is 75.4 Å². The van der Waals surface area contributed by atoms with Crippen molar-refractivity contribution in [2.24, 2.45) is 0 Å². The molecule has 2 aromatic carbocycles. The van der Waals surface area contributed by atoms with Crippen molar-refractivity contribution in [3.8, 4) is 5.69 Å². The predicted molar refractivity (Wildman–Crippen MR) is 164 cm³/mol. The first-order valence-corrected chi connectivity index (χ1v) is 16.0. The number of sulfonamides is 1. The Hall–Kier alpha value is -4.34. The van der Waals surface area contributed by atoms with Gasteiger partial charge in [-0.15, -0.1) is 0 Å². The molecule has 1 aliphatic rings. The van der Waals surface area contributed by atoms with E-state index < -0.39 is 34.3 Å². The lowest BCUT2D eigenvalue weighted by atomic mass is 9.98. The third-order valence-electron chi connectivity index (χ3n) is 7.37. The summed E-state index contributed by atoms with van der Waals surface area (Å²) in [5.74, 6) is -1.07. The second-order valence-corrected chi connectivity index (χ2v) is 12.2. The Kier molecular flexibility index (Phi) is 10.9. The Morgan fingerprint density at radius 3 is 2.56 bits per heavy atom. The second kappa shape index (κ2) is 14.6. The number of para-hydroxylation sites is 1. The lowest BCUT2D eigenvalue weighted by Gasteiger charge is -2.21. The highest BCUT2D eigenvalue weighted by atomic mass is 32.2. The van der Waals surface area contributed by atoms with Crippen LogP contribution in [0.3, 0.4) is 0 Å². The number of rotatable bonds is 11. The minimum Gasteiger partial charge on any atom is -0.463 e. The Morgan fingerprint density at radius 2 is 1.87 bits per heavy atom. The van der Waals surface area contributed by atoms with Gasteiger partial charge >= 0.3 is 18.0 Å². The van der Waals surface area contributed by atoms with Crippen LogP contribution in [0.2, 0.25) is 0 Å². The van der Waals surface area contributed by atoms with Crippen molar-refractivity contribution in [1.29, 1.82) is 0 Å². The van der Waals surface area contributed by atoms with Crippen LogP contribution in [0.1, 0.15) is 53.5 Å². The zero-order valence-electron chi connectivity index (χ0n) is 25.6. The minimum absolute atomic E-state index is 0.0203. The van der Waals surface area contributed by atoms with Crippen LogP contribution in [0, 0.1) is 13.8 Å². The zero-order chi connectivity index (χ0) is 32.7. The molecule has 0 aliphatic carbocycles. The quantitative estimate of drug-likeness (QED) is 0.158. The van der Waals surface area contributed by atoms with Gasteiger partial charge in [0.25, 0.3) is 5.56 Å². The fourth-order valence-electron chi connectivity index (χ4n) is 5.22. The number of alkyl carbamates (subject to hydrolysis) is 1. The molecule has 1 aliphatic heterocycles. The summed E-state index contributed by atoms with van der Waals surface area (Å²) < 4.78 is 44.9. The summed E-state index contributed by atoms with van der Waals surface area (Å²) in [7, 11) is -2.81. The van der Waals surface area contributed by atoms with Crippen molar-refractivity contribution < 1.29 is 37.0 Å². The first kappa shape index (κ1) is 33.6. The molecule has 3 aromatic rings. The molecule has 0 spiro atoms. The van der Waals surface area contributed by atoms with Crippen LogP contribution >= 0.6 is 0 Å². The highest BCUT2D eigenvalue weighted by Crippen LogP contribution is 2.26. The topological polar surface area (TPSA) is 184 Å². The number of esters is 2. The number of amides is 1. The van der Waals surface area contributed by atoms with Crippen LogP contribution in [0.5, 0.6) is 0 Å². The van der Waals surface area contributed by atoms with Gasteiger partial charge in [0.05, 0.1) is 35.3 Å². The van der Waals surface area contributed by atoms with E-state index in [4.69, 9.17) is 14.2 Å². The van der Waals surface area contributed by atoms with E-state index in [-0.39, 0.29) is 64.6 Å². The number of hydrogen-bond donors (Lipinski definition) is 3. The summed E-state index contributed by atoms with van der Waals surface area (Å²) in [4.78, 5) is 56.0. The summed E-state index contributed by atoms with van der Waals surface area (Å²) in [5, 5.41) is 5.65. The maximum absolute atomic E-state index is 14.2. The summed E-state index contributed by atoms with van der Waals surface area (Å²) >= 11 is 0. The molecule has 4 rings (SSSR count). The molecule has 15 heteroatoms. The Balaban J connectivity index is 1.67. The van der Waals surface area contributed by atoms with E-state index in [9.17, 15) is 27.6 Å². The molecular formula is C30H37N5O9S. The number of ether oxygens (including phenoxy) is 3. The second-order valence-electron chi connectivity index (χ2n) is 10.3. The van der Waals surface area contributed by atoms with Crippen LogP contribution in [0.25, 0.3) is 16.6 Å². The number of carbonyl (C=O) groups is 3. The Morgan fingerprint density at radius 1 is 1.11 bits per heavy atom. The fourth-order valence-corrected chi connectivity index (χ4v) is 6.13. The van der Waals surface area contributed by atoms with Crippen molar-refractivity contribution in [3.63, 3.8) is 0 Å². The third kappa shape index (κ3) is 7.49. The lowest BCUT2D eigenvalue weighted by molar-refractivity contribution is -0.146. The van der Waals surface area contributed by atoms with Gasteiger partial charge in [0.1, 0.15) is 17.5 Å². The van der Waals surface area contributed by atoms with Gasteiger partial charge in [-0.25, -0.2) is 27.7 Å². The molecule has 1 saturated heterocycles. The highest BCUT2D eigenvalue weighted by molar-refractivity contribution is 7.89. The number of aryl methyl sites for hydroxylation is 2. The Labute approximate surface area is 260 Å². The maximum atomic E-state index is 14.2. The van der Waals surface area contributed by atoms with Gasteiger partial charge in [-0.05, 0) is 76.5 Å². The van der Waals surface area contributed by atoms with Crippen LogP contribution in [0.15, 0.2) is 40.0 Å². The molecule has 1 unspecified atom stereocenters. The van der Waals surface area contributed by atoms with Crippen molar-refractivity contribution in [1.82, 2.24) is 24.9 Å². The van der Waals surface area contributed by atoms with Gasteiger partial charge in [0.2, 0.25) is 10.0 Å². The molecule has 14 nitrogen and oxygen atoms in total. The number of piperidine rings is 1. The average molecular weight is 644 g/mol. The van der Waals surface area contributed by atoms with Crippen molar-refractivity contribution >= 4 is 39.0 Å². The molecule has 0 radical (unpaired) electrons. The minimum atomic E-state index is -4.05. The van der Waals surface area contributed by atoms with E-state index in [0.29, 0.717) is 17.5 Å². The SMILES string of the molecule is CCOC(=O)c1c(C)cc2nc(COC(=O)NCCOC(=O)C3CCCCN3)n(-c3ccccc3S(=O)(=O)NC)c(=O)c2c1C. The van der Waals surface area contributed by atoms with E-state index in [1.54, 1.807) is 32.9 Å². The maximum Gasteiger partial charge on any atom is 0.407 e. The Bertz CT molecular complexity index is 1770. The first-order chi connectivity index (χ1) is 21.5. The van der Waals surface area contributed by atoms with Gasteiger partial charge in [0.15, 0.2) is 12.4 Å². The van der Waals surface area contributed by atoms with E-state index in [1.807, 2.05) is 0 Å². The van der Waals surface area contributed by atoms with Gasteiger partial charge in [-0.1, -0.05) is 18.6 Å². The number of aromatic nitrogens is 2. The smallest absolute Gasteiger partial charge is 0.407 e. The molecular weight excluding hydrogens is 606 g/mol. The van der Waals surface area contributed by atoms with Gasteiger partial charge in [-0.2, -0.15) is 0 Å². The van der Waals surface area contributed by atoms with Gasteiger partial charge in [0, 0.05) is 0 Å². The number of fused-ring (bicyclic) bond motifs is 1.